The van der Waals surface area contributed by atoms with Crippen LogP contribution in [0.4, 0.5) is 24.8 Å². The number of nitrogens with one attached hydrogen (secondary N) is 3. The zero-order valence-corrected chi connectivity index (χ0v) is 22.8. The first kappa shape index (κ1) is 28.3. The van der Waals surface area contributed by atoms with Gasteiger partial charge >= 0.3 is 0 Å². The van der Waals surface area contributed by atoms with Crippen molar-refractivity contribution in [1.82, 2.24) is 20.3 Å². The lowest BCUT2D eigenvalue weighted by atomic mass is 10.1. The minimum absolute atomic E-state index is 0.0135. The molecule has 0 amide bonds. The molecule has 0 radical (unpaired) electrons. The molecule has 2 aromatic heterocycles. The van der Waals surface area contributed by atoms with Crippen molar-refractivity contribution in [1.29, 1.82) is 0 Å². The average molecular weight is 585 g/mol. The van der Waals surface area contributed by atoms with E-state index < -0.39 is 39.3 Å². The molecule has 5 rings (SSSR count). The molecule has 1 saturated heterocycles. The Hall–Kier alpha value is -4.23. The van der Waals surface area contributed by atoms with Crippen molar-refractivity contribution < 1.29 is 26.3 Å². The fourth-order valence-electron chi connectivity index (χ4n) is 4.41. The molecule has 0 bridgehead atoms. The van der Waals surface area contributed by atoms with Crippen molar-refractivity contribution in [3.63, 3.8) is 0 Å². The minimum Gasteiger partial charge on any atom is -0.438 e. The Morgan fingerprint density at radius 2 is 1.85 bits per heavy atom. The van der Waals surface area contributed by atoms with Gasteiger partial charge in [0, 0.05) is 49.6 Å². The van der Waals surface area contributed by atoms with Gasteiger partial charge in [0.05, 0.1) is 17.0 Å². The van der Waals surface area contributed by atoms with Crippen LogP contribution in [0.3, 0.4) is 0 Å². The molecule has 2 atom stereocenters. The number of pyridine rings is 1. The number of aromatic nitrogens is 3. The largest absolute Gasteiger partial charge is 0.438 e. The van der Waals surface area contributed by atoms with Crippen molar-refractivity contribution in [2.45, 2.75) is 31.3 Å². The van der Waals surface area contributed by atoms with Gasteiger partial charge in [-0.1, -0.05) is 30.3 Å². The van der Waals surface area contributed by atoms with E-state index in [-0.39, 0.29) is 29.2 Å². The molecule has 2 aromatic carbocycles. The van der Waals surface area contributed by atoms with Gasteiger partial charge in [0.25, 0.3) is 0 Å². The predicted octanol–water partition coefficient (Wildman–Crippen LogP) is 4.97. The highest BCUT2D eigenvalue weighted by Crippen LogP contribution is 2.36. The van der Waals surface area contributed by atoms with Crippen molar-refractivity contribution in [3.05, 3.63) is 89.8 Å². The van der Waals surface area contributed by atoms with Crippen LogP contribution in [0.5, 0.6) is 11.6 Å². The van der Waals surface area contributed by atoms with Crippen LogP contribution in [-0.4, -0.2) is 48.7 Å². The lowest BCUT2D eigenvalue weighted by Crippen LogP contribution is -2.44. The number of hydrogen-bond donors (Lipinski definition) is 3. The molecule has 3 N–H and O–H groups in total. The number of halogens is 3. The summed E-state index contributed by atoms with van der Waals surface area (Å²) < 4.78 is 77.2. The monoisotopic (exact) mass is 584 g/mol. The lowest BCUT2D eigenvalue weighted by molar-refractivity contribution is 0.254. The van der Waals surface area contributed by atoms with E-state index in [0.29, 0.717) is 36.3 Å². The first-order valence-electron chi connectivity index (χ1n) is 12.8. The first-order chi connectivity index (χ1) is 19.7. The van der Waals surface area contributed by atoms with E-state index in [1.54, 1.807) is 48.5 Å². The predicted molar refractivity (Wildman–Crippen MR) is 149 cm³/mol. The van der Waals surface area contributed by atoms with Crippen LogP contribution in [0.1, 0.15) is 17.5 Å². The number of sulfonamides is 1. The highest BCUT2D eigenvalue weighted by molar-refractivity contribution is 7.91. The smallest absolute Gasteiger partial charge is 0.237 e. The van der Waals surface area contributed by atoms with Crippen molar-refractivity contribution in [2.75, 3.05) is 23.1 Å². The molecule has 214 valence electrons. The molecule has 1 aliphatic rings. The van der Waals surface area contributed by atoms with Gasteiger partial charge in [-0.2, -0.15) is 0 Å². The standard InChI is InChI=1S/C28H27F3N6O3S/c1-17-24(13-22(30)26(25(17)31)37-41(38,39)16-18-6-3-2-4-7-18)40-27-21(8-5-10-33-27)23-9-11-34-28(36-23)35-20-12-19(29)14-32-15-20/h2-11,13,19-20,32,37H,12,14-16H2,1H3,(H,34,35,36)/t19-,20?/m0/s1. The van der Waals surface area contributed by atoms with Crippen LogP contribution >= 0.6 is 0 Å². The highest BCUT2D eigenvalue weighted by atomic mass is 32.2. The van der Waals surface area contributed by atoms with Crippen LogP contribution in [-0.2, 0) is 15.8 Å². The Morgan fingerprint density at radius 3 is 2.63 bits per heavy atom. The maximum atomic E-state index is 15.3. The summed E-state index contributed by atoms with van der Waals surface area (Å²) in [5.74, 6) is -2.63. The van der Waals surface area contributed by atoms with E-state index in [1.807, 2.05) is 4.72 Å². The molecule has 1 fully saturated rings. The Bertz CT molecular complexity index is 1640. The Balaban J connectivity index is 1.38. The van der Waals surface area contributed by atoms with E-state index in [4.69, 9.17) is 4.74 Å². The number of anilines is 2. The molecule has 9 nitrogen and oxygen atoms in total. The summed E-state index contributed by atoms with van der Waals surface area (Å²) in [6.07, 6.45) is 2.31. The van der Waals surface area contributed by atoms with Crippen LogP contribution in [0.15, 0.2) is 67.0 Å². The Kier molecular flexibility index (Phi) is 8.36. The van der Waals surface area contributed by atoms with Crippen molar-refractivity contribution in [2.24, 2.45) is 0 Å². The first-order valence-corrected chi connectivity index (χ1v) is 14.4. The van der Waals surface area contributed by atoms with Gasteiger partial charge in [0.15, 0.2) is 11.6 Å². The number of nitrogens with zero attached hydrogens (tertiary/aromatic N) is 3. The van der Waals surface area contributed by atoms with Gasteiger partial charge in [-0.15, -0.1) is 0 Å². The summed E-state index contributed by atoms with van der Waals surface area (Å²) >= 11 is 0. The number of hydrogen-bond acceptors (Lipinski definition) is 8. The van der Waals surface area contributed by atoms with Gasteiger partial charge in [-0.25, -0.2) is 36.5 Å². The Morgan fingerprint density at radius 1 is 1.05 bits per heavy atom. The summed E-state index contributed by atoms with van der Waals surface area (Å²) in [5, 5.41) is 6.12. The minimum atomic E-state index is -4.11. The van der Waals surface area contributed by atoms with Crippen LogP contribution in [0.25, 0.3) is 11.3 Å². The van der Waals surface area contributed by atoms with Gasteiger partial charge in [0.1, 0.15) is 17.6 Å². The van der Waals surface area contributed by atoms with Crippen molar-refractivity contribution in [3.8, 4) is 22.9 Å². The summed E-state index contributed by atoms with van der Waals surface area (Å²) in [4.78, 5) is 12.9. The van der Waals surface area contributed by atoms with E-state index in [2.05, 4.69) is 25.6 Å². The number of ether oxygens (including phenoxy) is 1. The SMILES string of the molecule is Cc1c(Oc2ncccc2-c2ccnc(NC3CNC[C@@H](F)C3)n2)cc(F)c(NS(=O)(=O)Cc2ccccc2)c1F. The molecule has 0 aliphatic carbocycles. The number of benzene rings is 2. The van der Waals surface area contributed by atoms with Gasteiger partial charge in [0.2, 0.25) is 21.9 Å². The topological polar surface area (TPSA) is 118 Å². The number of rotatable bonds is 9. The van der Waals surface area contributed by atoms with Crippen LogP contribution < -0.4 is 20.1 Å². The van der Waals surface area contributed by atoms with E-state index >= 15 is 8.78 Å². The van der Waals surface area contributed by atoms with Gasteiger partial charge < -0.3 is 15.4 Å². The maximum Gasteiger partial charge on any atom is 0.237 e. The normalized spacial score (nSPS) is 17.2. The fourth-order valence-corrected chi connectivity index (χ4v) is 5.61. The van der Waals surface area contributed by atoms with Gasteiger partial charge in [-0.05, 0) is 30.7 Å². The quantitative estimate of drug-likeness (QED) is 0.252. The fraction of sp³-hybridized carbons (Fsp3) is 0.250. The molecule has 4 aromatic rings. The molecule has 0 spiro atoms. The van der Waals surface area contributed by atoms with E-state index in [9.17, 15) is 12.8 Å². The summed E-state index contributed by atoms with van der Waals surface area (Å²) in [6, 6.07) is 13.9. The molecule has 0 saturated carbocycles. The lowest BCUT2D eigenvalue weighted by Gasteiger charge is -2.26. The average Bonchev–Trinajstić information content (AvgIpc) is 2.95. The maximum absolute atomic E-state index is 15.3. The molecule has 41 heavy (non-hydrogen) atoms. The van der Waals surface area contributed by atoms with E-state index in [0.717, 1.165) is 6.07 Å². The van der Waals surface area contributed by atoms with Gasteiger partial charge in [-0.3, -0.25) is 4.72 Å². The second-order valence-corrected chi connectivity index (χ2v) is 11.3. The molecule has 1 unspecified atom stereocenters. The second-order valence-electron chi connectivity index (χ2n) is 9.57. The second kappa shape index (κ2) is 12.1. The zero-order chi connectivity index (χ0) is 29.0. The van der Waals surface area contributed by atoms with Crippen LogP contribution in [0, 0.1) is 18.6 Å². The highest BCUT2D eigenvalue weighted by Gasteiger charge is 2.24. The molecule has 3 heterocycles. The third-order valence-corrected chi connectivity index (χ3v) is 7.64. The van der Waals surface area contributed by atoms with E-state index in [1.165, 1.54) is 19.3 Å². The van der Waals surface area contributed by atoms with Crippen molar-refractivity contribution >= 4 is 21.7 Å². The number of piperidine rings is 1. The van der Waals surface area contributed by atoms with Crippen LogP contribution in [0.2, 0.25) is 0 Å². The molecule has 1 aliphatic heterocycles. The Labute approximate surface area is 235 Å². The molecular weight excluding hydrogens is 557 g/mol. The third kappa shape index (κ3) is 6.92. The molecule has 13 heteroatoms. The third-order valence-electron chi connectivity index (χ3n) is 6.41. The molecular formula is C28H27F3N6O3S. The zero-order valence-electron chi connectivity index (χ0n) is 21.9. The number of alkyl halides is 1. The summed E-state index contributed by atoms with van der Waals surface area (Å²) in [6.45, 7) is 2.20. The summed E-state index contributed by atoms with van der Waals surface area (Å²) in [7, 11) is -4.11. The summed E-state index contributed by atoms with van der Waals surface area (Å²) in [5.41, 5.74) is 0.360.